The van der Waals surface area contributed by atoms with Crippen LogP contribution in [0.1, 0.15) is 43.5 Å². The van der Waals surface area contributed by atoms with Crippen LogP contribution in [-0.2, 0) is 17.8 Å². The first-order chi connectivity index (χ1) is 13.7. The Balaban J connectivity index is 1.38. The van der Waals surface area contributed by atoms with Gasteiger partial charge in [-0.2, -0.15) is 0 Å². The summed E-state index contributed by atoms with van der Waals surface area (Å²) in [6.45, 7) is 1.24. The molecule has 0 radical (unpaired) electrons. The van der Waals surface area contributed by atoms with E-state index in [0.29, 0.717) is 12.1 Å². The summed E-state index contributed by atoms with van der Waals surface area (Å²) < 4.78 is 16.3. The molecular formula is C23H26FN3O. The van der Waals surface area contributed by atoms with Gasteiger partial charge in [-0.05, 0) is 43.9 Å². The van der Waals surface area contributed by atoms with E-state index in [1.54, 1.807) is 6.07 Å². The van der Waals surface area contributed by atoms with Crippen LogP contribution in [0.15, 0.2) is 48.5 Å². The highest BCUT2D eigenvalue weighted by molar-refractivity contribution is 5.80. The van der Waals surface area contributed by atoms with Gasteiger partial charge < -0.3 is 9.88 Å². The van der Waals surface area contributed by atoms with Crippen LogP contribution >= 0.6 is 0 Å². The van der Waals surface area contributed by atoms with E-state index in [4.69, 9.17) is 4.98 Å². The van der Waals surface area contributed by atoms with Crippen molar-refractivity contribution in [3.8, 4) is 0 Å². The fourth-order valence-electron chi connectivity index (χ4n) is 3.58. The molecule has 28 heavy (non-hydrogen) atoms. The number of aromatic nitrogens is 2. The van der Waals surface area contributed by atoms with Crippen molar-refractivity contribution in [2.75, 3.05) is 6.54 Å². The third-order valence-corrected chi connectivity index (χ3v) is 5.34. The Morgan fingerprint density at radius 3 is 2.68 bits per heavy atom. The number of carbonyl (C=O) groups is 1. The number of imidazole rings is 1. The van der Waals surface area contributed by atoms with Gasteiger partial charge in [-0.1, -0.05) is 36.8 Å². The van der Waals surface area contributed by atoms with E-state index in [1.807, 2.05) is 36.4 Å². The number of rotatable bonds is 9. The Morgan fingerprint density at radius 1 is 1.07 bits per heavy atom. The number of benzene rings is 2. The maximum Gasteiger partial charge on any atom is 0.223 e. The maximum absolute atomic E-state index is 14.2. The topological polar surface area (TPSA) is 46.9 Å². The molecule has 3 aromatic rings. The van der Waals surface area contributed by atoms with E-state index in [9.17, 15) is 9.18 Å². The molecule has 0 aliphatic heterocycles. The molecule has 1 amide bonds. The standard InChI is InChI=1S/C23H26FN3O/c24-19-9-4-3-8-18(19)16-27-21-11-6-5-10-20(21)26-22(27)12-2-1-7-15-25-23(28)17-13-14-17/h3-6,8-11,17H,1-2,7,12-16H2,(H,25,28). The molecule has 4 nitrogen and oxygen atoms in total. The average Bonchev–Trinajstić information content (AvgIpc) is 3.50. The van der Waals surface area contributed by atoms with Crippen molar-refractivity contribution in [3.05, 3.63) is 65.7 Å². The first kappa shape index (κ1) is 18.7. The number of halogens is 1. The van der Waals surface area contributed by atoms with E-state index in [1.165, 1.54) is 6.07 Å². The lowest BCUT2D eigenvalue weighted by molar-refractivity contribution is -0.122. The van der Waals surface area contributed by atoms with Crippen LogP contribution in [-0.4, -0.2) is 22.0 Å². The molecule has 1 saturated carbocycles. The zero-order valence-corrected chi connectivity index (χ0v) is 16.0. The molecule has 4 rings (SSSR count). The van der Waals surface area contributed by atoms with Gasteiger partial charge in [-0.25, -0.2) is 9.37 Å². The first-order valence-electron chi connectivity index (χ1n) is 10.2. The Kier molecular flexibility index (Phi) is 5.70. The van der Waals surface area contributed by atoms with Crippen LogP contribution in [0.4, 0.5) is 4.39 Å². The van der Waals surface area contributed by atoms with Gasteiger partial charge in [0.25, 0.3) is 0 Å². The SMILES string of the molecule is O=C(NCCCCCc1nc2ccccc2n1Cc1ccccc1F)C1CC1. The van der Waals surface area contributed by atoms with Gasteiger partial charge in [-0.3, -0.25) is 4.79 Å². The number of unbranched alkanes of at least 4 members (excludes halogenated alkanes) is 2. The second-order valence-electron chi connectivity index (χ2n) is 7.57. The minimum atomic E-state index is -0.183. The average molecular weight is 379 g/mol. The zero-order valence-electron chi connectivity index (χ0n) is 16.0. The highest BCUT2D eigenvalue weighted by Gasteiger charge is 2.28. The smallest absolute Gasteiger partial charge is 0.223 e. The number of fused-ring (bicyclic) bond motifs is 1. The quantitative estimate of drug-likeness (QED) is 0.558. The predicted molar refractivity (Wildman–Crippen MR) is 109 cm³/mol. The summed E-state index contributed by atoms with van der Waals surface area (Å²) in [6, 6.07) is 14.9. The van der Waals surface area contributed by atoms with Crippen LogP contribution in [0.2, 0.25) is 0 Å². The monoisotopic (exact) mass is 379 g/mol. The molecular weight excluding hydrogens is 353 g/mol. The van der Waals surface area contributed by atoms with Crippen molar-refractivity contribution < 1.29 is 9.18 Å². The van der Waals surface area contributed by atoms with E-state index in [0.717, 1.165) is 61.9 Å². The summed E-state index contributed by atoms with van der Waals surface area (Å²) in [6.07, 6.45) is 5.95. The van der Waals surface area contributed by atoms with E-state index >= 15 is 0 Å². The Hall–Kier alpha value is -2.69. The third kappa shape index (κ3) is 4.41. The molecule has 1 heterocycles. The Morgan fingerprint density at radius 2 is 1.86 bits per heavy atom. The number of aryl methyl sites for hydroxylation is 1. The minimum absolute atomic E-state index is 0.183. The van der Waals surface area contributed by atoms with Crippen LogP contribution in [0.5, 0.6) is 0 Å². The Labute approximate surface area is 164 Å². The van der Waals surface area contributed by atoms with Crippen molar-refractivity contribution in [2.45, 2.75) is 45.1 Å². The fraction of sp³-hybridized carbons (Fsp3) is 0.391. The molecule has 0 atom stereocenters. The number of amides is 1. The molecule has 1 fully saturated rings. The van der Waals surface area contributed by atoms with Gasteiger partial charge in [0.1, 0.15) is 11.6 Å². The summed E-state index contributed by atoms with van der Waals surface area (Å²) in [5.74, 6) is 1.30. The number of hydrogen-bond acceptors (Lipinski definition) is 2. The molecule has 0 bridgehead atoms. The van der Waals surface area contributed by atoms with Gasteiger partial charge in [0, 0.05) is 24.4 Å². The maximum atomic E-state index is 14.2. The normalized spacial score (nSPS) is 13.8. The van der Waals surface area contributed by atoms with Gasteiger partial charge in [-0.15, -0.1) is 0 Å². The number of nitrogens with zero attached hydrogens (tertiary/aromatic N) is 2. The van der Waals surface area contributed by atoms with Gasteiger partial charge in [0.05, 0.1) is 17.6 Å². The molecule has 1 N–H and O–H groups in total. The molecule has 0 unspecified atom stereocenters. The van der Waals surface area contributed by atoms with Crippen molar-refractivity contribution in [2.24, 2.45) is 5.92 Å². The number of hydrogen-bond donors (Lipinski definition) is 1. The molecule has 2 aromatic carbocycles. The van der Waals surface area contributed by atoms with Crippen molar-refractivity contribution in [3.63, 3.8) is 0 Å². The number of para-hydroxylation sites is 2. The largest absolute Gasteiger partial charge is 0.356 e. The Bertz CT molecular complexity index is 961. The number of carbonyl (C=O) groups excluding carboxylic acids is 1. The van der Waals surface area contributed by atoms with Crippen LogP contribution in [0.25, 0.3) is 11.0 Å². The summed E-state index contributed by atoms with van der Waals surface area (Å²) in [7, 11) is 0. The second-order valence-corrected chi connectivity index (χ2v) is 7.57. The second kappa shape index (κ2) is 8.55. The molecule has 0 spiro atoms. The summed E-state index contributed by atoms with van der Waals surface area (Å²) >= 11 is 0. The predicted octanol–water partition coefficient (Wildman–Crippen LogP) is 4.46. The lowest BCUT2D eigenvalue weighted by Gasteiger charge is -2.10. The highest BCUT2D eigenvalue weighted by Crippen LogP contribution is 2.28. The summed E-state index contributed by atoms with van der Waals surface area (Å²) in [5.41, 5.74) is 2.66. The number of nitrogens with one attached hydrogen (secondary N) is 1. The molecule has 0 saturated heterocycles. The van der Waals surface area contributed by atoms with Crippen molar-refractivity contribution >= 4 is 16.9 Å². The van der Waals surface area contributed by atoms with E-state index in [2.05, 4.69) is 9.88 Å². The molecule has 1 aliphatic rings. The van der Waals surface area contributed by atoms with Crippen LogP contribution < -0.4 is 5.32 Å². The van der Waals surface area contributed by atoms with Crippen LogP contribution in [0, 0.1) is 11.7 Å². The molecule has 146 valence electrons. The lowest BCUT2D eigenvalue weighted by atomic mass is 10.1. The highest BCUT2D eigenvalue weighted by atomic mass is 19.1. The molecule has 1 aromatic heterocycles. The fourth-order valence-corrected chi connectivity index (χ4v) is 3.58. The van der Waals surface area contributed by atoms with Gasteiger partial charge >= 0.3 is 0 Å². The lowest BCUT2D eigenvalue weighted by Crippen LogP contribution is -2.25. The van der Waals surface area contributed by atoms with Crippen molar-refractivity contribution in [1.29, 1.82) is 0 Å². The summed E-state index contributed by atoms with van der Waals surface area (Å²) in [4.78, 5) is 16.4. The van der Waals surface area contributed by atoms with Crippen LogP contribution in [0.3, 0.4) is 0 Å². The molecule has 1 aliphatic carbocycles. The van der Waals surface area contributed by atoms with Gasteiger partial charge in [0.15, 0.2) is 0 Å². The zero-order chi connectivity index (χ0) is 19.3. The van der Waals surface area contributed by atoms with E-state index < -0.39 is 0 Å². The molecule has 5 heteroatoms. The third-order valence-electron chi connectivity index (χ3n) is 5.34. The van der Waals surface area contributed by atoms with E-state index in [-0.39, 0.29) is 17.6 Å². The summed E-state index contributed by atoms with van der Waals surface area (Å²) in [5, 5.41) is 3.01. The first-order valence-corrected chi connectivity index (χ1v) is 10.2. The van der Waals surface area contributed by atoms with Gasteiger partial charge in [0.2, 0.25) is 5.91 Å². The minimum Gasteiger partial charge on any atom is -0.356 e. The van der Waals surface area contributed by atoms with Crippen molar-refractivity contribution in [1.82, 2.24) is 14.9 Å².